The molecular weight excluding hydrogens is 196 g/mol. The predicted molar refractivity (Wildman–Crippen MR) is 55.3 cm³/mol. The summed E-state index contributed by atoms with van der Waals surface area (Å²) >= 11 is 0. The maximum absolute atomic E-state index is 5.28. The number of fused-ring (bicyclic) bond motifs is 1. The minimum atomic E-state index is 0.620. The molecular formula is C10H12N2O3. The Morgan fingerprint density at radius 3 is 2.53 bits per heavy atom. The van der Waals surface area contributed by atoms with Crippen molar-refractivity contribution in [3.8, 4) is 11.5 Å². The van der Waals surface area contributed by atoms with Gasteiger partial charge < -0.3 is 14.3 Å². The quantitative estimate of drug-likeness (QED) is 0.758. The highest BCUT2D eigenvalue weighted by Crippen LogP contribution is 2.34. The number of imidazole rings is 1. The molecule has 15 heavy (non-hydrogen) atoms. The van der Waals surface area contributed by atoms with Gasteiger partial charge in [-0.05, 0) is 12.1 Å². The molecule has 2 rings (SSSR count). The molecule has 0 aliphatic heterocycles. The Bertz CT molecular complexity index is 479. The van der Waals surface area contributed by atoms with Crippen molar-refractivity contribution >= 4 is 11.0 Å². The zero-order chi connectivity index (χ0) is 10.8. The first-order chi connectivity index (χ1) is 7.31. The van der Waals surface area contributed by atoms with Gasteiger partial charge in [-0.1, -0.05) is 0 Å². The van der Waals surface area contributed by atoms with Crippen LogP contribution in [0.4, 0.5) is 0 Å². The zero-order valence-corrected chi connectivity index (χ0v) is 8.85. The van der Waals surface area contributed by atoms with E-state index in [0.717, 1.165) is 11.0 Å². The summed E-state index contributed by atoms with van der Waals surface area (Å²) in [5.41, 5.74) is 1.56. The van der Waals surface area contributed by atoms with E-state index in [1.54, 1.807) is 27.7 Å². The number of hydrogen-bond donors (Lipinski definition) is 0. The molecule has 80 valence electrons. The second-order valence-electron chi connectivity index (χ2n) is 2.92. The number of nitrogens with zero attached hydrogens (tertiary/aromatic N) is 2. The van der Waals surface area contributed by atoms with E-state index in [1.807, 2.05) is 12.1 Å². The van der Waals surface area contributed by atoms with E-state index >= 15 is 0 Å². The van der Waals surface area contributed by atoms with Crippen molar-refractivity contribution in [2.75, 3.05) is 21.3 Å². The molecule has 1 aromatic carbocycles. The Kier molecular flexibility index (Phi) is 2.37. The van der Waals surface area contributed by atoms with Crippen LogP contribution in [0.1, 0.15) is 0 Å². The first kappa shape index (κ1) is 9.64. The van der Waals surface area contributed by atoms with Crippen LogP contribution in [0.3, 0.4) is 0 Å². The Morgan fingerprint density at radius 2 is 1.93 bits per heavy atom. The monoisotopic (exact) mass is 208 g/mol. The summed E-state index contributed by atoms with van der Waals surface area (Å²) in [6.45, 7) is 0. The first-order valence-corrected chi connectivity index (χ1v) is 4.44. The van der Waals surface area contributed by atoms with E-state index in [4.69, 9.17) is 14.3 Å². The largest absolute Gasteiger partial charge is 0.493 e. The standard InChI is InChI=1S/C10H12N2O3/c1-13-8-5-4-7-9(10(8)14-2)12(15-3)6-11-7/h4-6H,1-3H3. The van der Waals surface area contributed by atoms with Crippen LogP contribution in [0.25, 0.3) is 11.0 Å². The van der Waals surface area contributed by atoms with Gasteiger partial charge in [-0.15, -0.1) is 0 Å². The average Bonchev–Trinajstić information content (AvgIpc) is 2.70. The van der Waals surface area contributed by atoms with Crippen LogP contribution in [-0.4, -0.2) is 31.0 Å². The molecule has 5 heteroatoms. The Balaban J connectivity index is 2.77. The molecule has 0 saturated carbocycles. The smallest absolute Gasteiger partial charge is 0.190 e. The SMILES string of the molecule is COc1ccc2ncn(OC)c2c1OC. The van der Waals surface area contributed by atoms with Crippen LogP contribution in [0, 0.1) is 0 Å². The number of methoxy groups -OCH3 is 2. The number of aromatic nitrogens is 2. The van der Waals surface area contributed by atoms with Gasteiger partial charge in [0.1, 0.15) is 13.4 Å². The minimum absolute atomic E-state index is 0.620. The van der Waals surface area contributed by atoms with Crippen LogP contribution in [-0.2, 0) is 0 Å². The molecule has 0 spiro atoms. The Hall–Kier alpha value is -1.91. The summed E-state index contributed by atoms with van der Waals surface area (Å²) < 4.78 is 12.0. The van der Waals surface area contributed by atoms with E-state index in [-0.39, 0.29) is 0 Å². The van der Waals surface area contributed by atoms with Crippen molar-refractivity contribution < 1.29 is 14.3 Å². The lowest BCUT2D eigenvalue weighted by atomic mass is 10.2. The predicted octanol–water partition coefficient (Wildman–Crippen LogP) is 1.11. The van der Waals surface area contributed by atoms with Crippen molar-refractivity contribution in [3.05, 3.63) is 18.5 Å². The fourth-order valence-corrected chi connectivity index (χ4v) is 1.53. The van der Waals surface area contributed by atoms with Crippen LogP contribution in [0.2, 0.25) is 0 Å². The van der Waals surface area contributed by atoms with Gasteiger partial charge in [0, 0.05) is 0 Å². The van der Waals surface area contributed by atoms with E-state index in [1.165, 1.54) is 4.73 Å². The third-order valence-corrected chi connectivity index (χ3v) is 2.22. The summed E-state index contributed by atoms with van der Waals surface area (Å²) in [6.07, 6.45) is 1.59. The van der Waals surface area contributed by atoms with Crippen molar-refractivity contribution in [2.45, 2.75) is 0 Å². The molecule has 5 nitrogen and oxygen atoms in total. The molecule has 0 N–H and O–H groups in total. The fraction of sp³-hybridized carbons (Fsp3) is 0.300. The summed E-state index contributed by atoms with van der Waals surface area (Å²) in [4.78, 5) is 9.30. The number of hydrogen-bond acceptors (Lipinski definition) is 4. The maximum atomic E-state index is 5.28. The third kappa shape index (κ3) is 1.36. The van der Waals surface area contributed by atoms with Gasteiger partial charge >= 0.3 is 0 Å². The van der Waals surface area contributed by atoms with E-state index in [0.29, 0.717) is 11.5 Å². The van der Waals surface area contributed by atoms with Crippen LogP contribution < -0.4 is 14.3 Å². The van der Waals surface area contributed by atoms with Crippen LogP contribution in [0.15, 0.2) is 18.5 Å². The van der Waals surface area contributed by atoms with Crippen molar-refractivity contribution in [1.29, 1.82) is 0 Å². The lowest BCUT2D eigenvalue weighted by Crippen LogP contribution is -2.04. The van der Waals surface area contributed by atoms with Gasteiger partial charge in [0.25, 0.3) is 0 Å². The van der Waals surface area contributed by atoms with E-state index < -0.39 is 0 Å². The second kappa shape index (κ2) is 3.68. The van der Waals surface area contributed by atoms with Crippen molar-refractivity contribution in [3.63, 3.8) is 0 Å². The fourth-order valence-electron chi connectivity index (χ4n) is 1.53. The van der Waals surface area contributed by atoms with Crippen LogP contribution >= 0.6 is 0 Å². The highest BCUT2D eigenvalue weighted by Gasteiger charge is 2.14. The lowest BCUT2D eigenvalue weighted by molar-refractivity contribution is 0.175. The van der Waals surface area contributed by atoms with E-state index in [9.17, 15) is 0 Å². The molecule has 0 atom stereocenters. The Morgan fingerprint density at radius 1 is 1.13 bits per heavy atom. The summed E-state index contributed by atoms with van der Waals surface area (Å²) in [6, 6.07) is 3.67. The van der Waals surface area contributed by atoms with Gasteiger partial charge in [0.05, 0.1) is 19.7 Å². The van der Waals surface area contributed by atoms with Gasteiger partial charge in [-0.25, -0.2) is 4.98 Å². The molecule has 1 aromatic heterocycles. The third-order valence-electron chi connectivity index (χ3n) is 2.22. The van der Waals surface area contributed by atoms with Gasteiger partial charge in [0.2, 0.25) is 0 Å². The van der Waals surface area contributed by atoms with E-state index in [2.05, 4.69) is 4.98 Å². The molecule has 2 aromatic rings. The second-order valence-corrected chi connectivity index (χ2v) is 2.92. The number of benzene rings is 1. The molecule has 0 bridgehead atoms. The molecule has 0 aliphatic carbocycles. The molecule has 0 aliphatic rings. The normalized spacial score (nSPS) is 10.3. The van der Waals surface area contributed by atoms with Gasteiger partial charge in [0.15, 0.2) is 17.0 Å². The zero-order valence-electron chi connectivity index (χ0n) is 8.85. The highest BCUT2D eigenvalue weighted by molar-refractivity contribution is 5.84. The highest BCUT2D eigenvalue weighted by atomic mass is 16.6. The summed E-state index contributed by atoms with van der Waals surface area (Å²) in [5, 5.41) is 0. The first-order valence-electron chi connectivity index (χ1n) is 4.44. The summed E-state index contributed by atoms with van der Waals surface area (Å²) in [5.74, 6) is 1.28. The van der Waals surface area contributed by atoms with Crippen molar-refractivity contribution in [1.82, 2.24) is 9.71 Å². The van der Waals surface area contributed by atoms with Crippen molar-refractivity contribution in [2.24, 2.45) is 0 Å². The van der Waals surface area contributed by atoms with Crippen LogP contribution in [0.5, 0.6) is 11.5 Å². The molecule has 0 amide bonds. The molecule has 0 fully saturated rings. The average molecular weight is 208 g/mol. The minimum Gasteiger partial charge on any atom is -0.493 e. The summed E-state index contributed by atoms with van der Waals surface area (Å²) in [7, 11) is 4.75. The topological polar surface area (TPSA) is 45.5 Å². The molecule has 0 saturated heterocycles. The number of rotatable bonds is 3. The molecule has 0 radical (unpaired) electrons. The van der Waals surface area contributed by atoms with Gasteiger partial charge in [-0.3, -0.25) is 0 Å². The lowest BCUT2D eigenvalue weighted by Gasteiger charge is -2.09. The Labute approximate surface area is 87.1 Å². The van der Waals surface area contributed by atoms with Gasteiger partial charge in [-0.2, -0.15) is 4.73 Å². The number of ether oxygens (including phenoxy) is 2. The molecule has 1 heterocycles. The molecule has 0 unspecified atom stereocenters. The maximum Gasteiger partial charge on any atom is 0.190 e.